The summed E-state index contributed by atoms with van der Waals surface area (Å²) in [6.07, 6.45) is 63.6. The molecule has 0 heterocycles. The lowest BCUT2D eigenvalue weighted by molar-refractivity contribution is -0.151. The molecule has 0 aromatic heterocycles. The molecule has 0 radical (unpaired) electrons. The topological polar surface area (TPSA) is 95.9 Å². The number of amides is 1. The summed E-state index contributed by atoms with van der Waals surface area (Å²) >= 11 is 0. The Balaban J connectivity index is 4.69. The van der Waals surface area contributed by atoms with Crippen molar-refractivity contribution in [3.63, 3.8) is 0 Å². The van der Waals surface area contributed by atoms with Gasteiger partial charge in [-0.15, -0.1) is 0 Å². The second-order valence-corrected chi connectivity index (χ2v) is 17.2. The Kier molecular flexibility index (Phi) is 46.7. The molecule has 0 aliphatic heterocycles. The molecule has 0 aromatic rings. The summed E-state index contributed by atoms with van der Waals surface area (Å²) < 4.78 is 5.88. The number of aliphatic hydroxyl groups excluding tert-OH is 2. The van der Waals surface area contributed by atoms with E-state index in [2.05, 4.69) is 111 Å². The molecule has 0 aliphatic carbocycles. The first kappa shape index (κ1) is 59.0. The van der Waals surface area contributed by atoms with Crippen molar-refractivity contribution in [3.8, 4) is 0 Å². The molecule has 1 amide bonds. The molecule has 0 saturated heterocycles. The monoisotopic (exact) mass is 864 g/mol. The van der Waals surface area contributed by atoms with Crippen LogP contribution in [0.4, 0.5) is 0 Å². The Morgan fingerprint density at radius 3 is 1.34 bits per heavy atom. The summed E-state index contributed by atoms with van der Waals surface area (Å²) in [4.78, 5) is 26.1. The lowest BCUT2D eigenvalue weighted by atomic mass is 10.0. The number of ether oxygens (including phenoxy) is 1. The van der Waals surface area contributed by atoms with Crippen LogP contribution < -0.4 is 5.32 Å². The molecule has 0 saturated carbocycles. The van der Waals surface area contributed by atoms with E-state index >= 15 is 0 Å². The van der Waals surface area contributed by atoms with Gasteiger partial charge in [0.1, 0.15) is 6.10 Å². The second kappa shape index (κ2) is 49.1. The van der Waals surface area contributed by atoms with Crippen LogP contribution >= 0.6 is 0 Å². The lowest BCUT2D eigenvalue weighted by Gasteiger charge is -2.24. The molecule has 0 bridgehead atoms. The van der Waals surface area contributed by atoms with E-state index in [4.69, 9.17) is 4.74 Å². The predicted octanol–water partition coefficient (Wildman–Crippen LogP) is 15.6. The molecule has 62 heavy (non-hydrogen) atoms. The van der Waals surface area contributed by atoms with Crippen molar-refractivity contribution in [2.24, 2.45) is 0 Å². The van der Waals surface area contributed by atoms with Gasteiger partial charge in [0.2, 0.25) is 5.91 Å². The fraction of sp³-hybridized carbons (Fsp3) is 0.714. The van der Waals surface area contributed by atoms with E-state index < -0.39 is 18.2 Å². The first-order valence-electron chi connectivity index (χ1n) is 25.8. The highest BCUT2D eigenvalue weighted by molar-refractivity contribution is 5.77. The lowest BCUT2D eigenvalue weighted by Crippen LogP contribution is -2.46. The third-order valence-electron chi connectivity index (χ3n) is 11.2. The smallest absolute Gasteiger partial charge is 0.306 e. The Morgan fingerprint density at radius 1 is 0.484 bits per heavy atom. The number of aliphatic hydroxyl groups is 2. The molecule has 0 aliphatic rings. The van der Waals surface area contributed by atoms with Crippen LogP contribution in [-0.2, 0) is 14.3 Å². The molecule has 3 N–H and O–H groups in total. The van der Waals surface area contributed by atoms with Gasteiger partial charge in [0.15, 0.2) is 0 Å². The molecule has 3 unspecified atom stereocenters. The van der Waals surface area contributed by atoms with Gasteiger partial charge in [0.25, 0.3) is 0 Å². The quantitative estimate of drug-likeness (QED) is 0.0322. The molecular formula is C56H97NO5. The van der Waals surface area contributed by atoms with E-state index in [0.717, 1.165) is 83.5 Å². The minimum Gasteiger partial charge on any atom is -0.462 e. The van der Waals surface area contributed by atoms with Gasteiger partial charge in [-0.3, -0.25) is 9.59 Å². The number of nitrogens with one attached hydrogen (secondary N) is 1. The standard InChI is InChI=1S/C56H97NO5/c1-4-7-10-13-16-19-22-25-27-28-29-31-34-37-40-43-46-49-56(61)62-52(47-44-41-38-35-32-24-21-18-15-12-9-6-3)50-55(60)57-53(51-58)54(59)48-45-42-39-36-33-30-26-23-20-17-14-11-8-5-2/h9,12,16,18-19,21,25,27,29,31-32,35,37,40,52-54,58-59H,4-8,10-11,13-15,17,20,22-24,26,28,30,33-34,36,38-39,41-51H2,1-3H3,(H,57,60)/b12-9+,19-16-,21-18+,27-25-,31-29-,35-32+,40-37-. The summed E-state index contributed by atoms with van der Waals surface area (Å²) in [5, 5.41) is 23.7. The van der Waals surface area contributed by atoms with Crippen LogP contribution in [0.25, 0.3) is 0 Å². The van der Waals surface area contributed by atoms with Gasteiger partial charge in [-0.05, 0) is 96.3 Å². The van der Waals surface area contributed by atoms with Crippen LogP contribution in [0.15, 0.2) is 85.1 Å². The average Bonchev–Trinajstić information content (AvgIpc) is 3.26. The van der Waals surface area contributed by atoms with Gasteiger partial charge >= 0.3 is 5.97 Å². The van der Waals surface area contributed by atoms with Crippen molar-refractivity contribution >= 4 is 11.9 Å². The van der Waals surface area contributed by atoms with Crippen molar-refractivity contribution in [1.82, 2.24) is 5.32 Å². The molecule has 6 heteroatoms. The second-order valence-electron chi connectivity index (χ2n) is 17.2. The van der Waals surface area contributed by atoms with Crippen LogP contribution in [0, 0.1) is 0 Å². The molecular weight excluding hydrogens is 767 g/mol. The summed E-state index contributed by atoms with van der Waals surface area (Å²) in [6, 6.07) is -0.729. The maximum Gasteiger partial charge on any atom is 0.306 e. The van der Waals surface area contributed by atoms with E-state index in [1.54, 1.807) is 0 Å². The van der Waals surface area contributed by atoms with Crippen LogP contribution in [0.5, 0.6) is 0 Å². The van der Waals surface area contributed by atoms with E-state index in [1.807, 2.05) is 0 Å². The van der Waals surface area contributed by atoms with Gasteiger partial charge in [-0.25, -0.2) is 0 Å². The summed E-state index contributed by atoms with van der Waals surface area (Å²) in [7, 11) is 0. The highest BCUT2D eigenvalue weighted by Gasteiger charge is 2.24. The summed E-state index contributed by atoms with van der Waals surface area (Å²) in [6.45, 7) is 6.31. The van der Waals surface area contributed by atoms with Gasteiger partial charge in [0.05, 0.1) is 25.2 Å². The van der Waals surface area contributed by atoms with Gasteiger partial charge in [-0.2, -0.15) is 0 Å². The van der Waals surface area contributed by atoms with Crippen LogP contribution in [0.1, 0.15) is 233 Å². The number of esters is 1. The minimum absolute atomic E-state index is 0.0259. The molecule has 3 atom stereocenters. The number of hydrogen-bond donors (Lipinski definition) is 3. The summed E-state index contributed by atoms with van der Waals surface area (Å²) in [5.74, 6) is -0.584. The number of hydrogen-bond acceptors (Lipinski definition) is 5. The average molecular weight is 864 g/mol. The van der Waals surface area contributed by atoms with E-state index in [0.29, 0.717) is 25.7 Å². The minimum atomic E-state index is -0.811. The normalized spacial score (nSPS) is 14.0. The molecule has 0 aromatic carbocycles. The number of carbonyl (C=O) groups excluding carboxylic acids is 2. The highest BCUT2D eigenvalue weighted by Crippen LogP contribution is 2.17. The molecule has 0 rings (SSSR count). The first-order valence-corrected chi connectivity index (χ1v) is 25.8. The van der Waals surface area contributed by atoms with Crippen molar-refractivity contribution in [1.29, 1.82) is 0 Å². The number of carbonyl (C=O) groups is 2. The molecule has 356 valence electrons. The molecule has 0 fully saturated rings. The highest BCUT2D eigenvalue weighted by atomic mass is 16.5. The van der Waals surface area contributed by atoms with Gasteiger partial charge < -0.3 is 20.3 Å². The first-order chi connectivity index (χ1) is 30.5. The van der Waals surface area contributed by atoms with Crippen molar-refractivity contribution in [2.75, 3.05) is 6.61 Å². The fourth-order valence-electron chi connectivity index (χ4n) is 7.32. The predicted molar refractivity (Wildman–Crippen MR) is 268 cm³/mol. The van der Waals surface area contributed by atoms with Crippen molar-refractivity contribution in [2.45, 2.75) is 251 Å². The van der Waals surface area contributed by atoms with E-state index in [9.17, 15) is 19.8 Å². The van der Waals surface area contributed by atoms with Crippen molar-refractivity contribution in [3.05, 3.63) is 85.1 Å². The third kappa shape index (κ3) is 43.7. The van der Waals surface area contributed by atoms with Gasteiger partial charge in [0, 0.05) is 6.42 Å². The van der Waals surface area contributed by atoms with E-state index in [-0.39, 0.29) is 24.9 Å². The zero-order valence-electron chi connectivity index (χ0n) is 40.5. The van der Waals surface area contributed by atoms with Crippen LogP contribution in [0.2, 0.25) is 0 Å². The maximum atomic E-state index is 13.2. The molecule has 6 nitrogen and oxygen atoms in total. The van der Waals surface area contributed by atoms with Crippen LogP contribution in [0.3, 0.4) is 0 Å². The third-order valence-corrected chi connectivity index (χ3v) is 11.2. The summed E-state index contributed by atoms with van der Waals surface area (Å²) in [5.41, 5.74) is 0. The number of rotatable bonds is 45. The SMILES string of the molecule is CC/C=C/C/C=C/C/C=C/CCCCC(CC(=O)NC(CO)C(O)CCCCCCCCCCCCCCCC)OC(=O)CCC/C=C\C/C=C\C/C=C\C/C=C\CCCCC. The Labute approximate surface area is 383 Å². The van der Waals surface area contributed by atoms with Gasteiger partial charge in [-0.1, -0.05) is 209 Å². The largest absolute Gasteiger partial charge is 0.462 e. The van der Waals surface area contributed by atoms with Crippen LogP contribution in [-0.4, -0.2) is 46.9 Å². The molecule has 0 spiro atoms. The number of allylic oxidation sites excluding steroid dienone is 14. The zero-order valence-corrected chi connectivity index (χ0v) is 40.5. The Bertz CT molecular complexity index is 1200. The van der Waals surface area contributed by atoms with E-state index in [1.165, 1.54) is 96.3 Å². The number of unbranched alkanes of at least 4 members (excludes halogenated alkanes) is 19. The Morgan fingerprint density at radius 2 is 0.871 bits per heavy atom. The van der Waals surface area contributed by atoms with Crippen molar-refractivity contribution < 1.29 is 24.5 Å². The fourth-order valence-corrected chi connectivity index (χ4v) is 7.32. The zero-order chi connectivity index (χ0) is 45.2. The maximum absolute atomic E-state index is 13.2. The Hall–Kier alpha value is -2.96.